The summed E-state index contributed by atoms with van der Waals surface area (Å²) in [5.74, 6) is 0.459. The standard InChI is InChI=1S/C17H19NO3/c1-12-3-6-14(11-16(12)18)17(19)21-10-9-13-4-7-15(20-2)8-5-13/h3-8,11H,9-10,18H2,1-2H3. The Morgan fingerprint density at radius 3 is 2.48 bits per heavy atom. The molecule has 2 aromatic rings. The van der Waals surface area contributed by atoms with E-state index in [2.05, 4.69) is 0 Å². The molecule has 0 radical (unpaired) electrons. The molecule has 0 bridgehead atoms. The summed E-state index contributed by atoms with van der Waals surface area (Å²) < 4.78 is 10.4. The van der Waals surface area contributed by atoms with Crippen LogP contribution in [0.5, 0.6) is 5.75 Å². The molecular weight excluding hydrogens is 266 g/mol. The first-order valence-electron chi connectivity index (χ1n) is 6.76. The fraction of sp³-hybridized carbons (Fsp3) is 0.235. The molecule has 4 heteroatoms. The number of rotatable bonds is 5. The van der Waals surface area contributed by atoms with Crippen molar-refractivity contribution in [2.45, 2.75) is 13.3 Å². The Hall–Kier alpha value is -2.49. The van der Waals surface area contributed by atoms with Crippen LogP contribution in [0.1, 0.15) is 21.5 Å². The van der Waals surface area contributed by atoms with Gasteiger partial charge in [-0.05, 0) is 42.3 Å². The number of anilines is 1. The van der Waals surface area contributed by atoms with E-state index in [1.807, 2.05) is 37.3 Å². The number of methoxy groups -OCH3 is 1. The van der Waals surface area contributed by atoms with Gasteiger partial charge in [0.25, 0.3) is 0 Å². The number of hydrogen-bond acceptors (Lipinski definition) is 4. The third kappa shape index (κ3) is 3.99. The third-order valence-corrected chi connectivity index (χ3v) is 3.30. The molecule has 0 aliphatic carbocycles. The normalized spacial score (nSPS) is 10.2. The van der Waals surface area contributed by atoms with Gasteiger partial charge in [0.2, 0.25) is 0 Å². The number of esters is 1. The number of hydrogen-bond donors (Lipinski definition) is 1. The van der Waals surface area contributed by atoms with Crippen molar-refractivity contribution in [3.05, 3.63) is 59.2 Å². The van der Waals surface area contributed by atoms with Crippen LogP contribution in [0.4, 0.5) is 5.69 Å². The monoisotopic (exact) mass is 285 g/mol. The van der Waals surface area contributed by atoms with Gasteiger partial charge >= 0.3 is 5.97 Å². The molecule has 0 fully saturated rings. The maximum Gasteiger partial charge on any atom is 0.338 e. The number of nitrogens with two attached hydrogens (primary N) is 1. The van der Waals surface area contributed by atoms with E-state index >= 15 is 0 Å². The minimum atomic E-state index is -0.352. The zero-order valence-electron chi connectivity index (χ0n) is 12.3. The summed E-state index contributed by atoms with van der Waals surface area (Å²) >= 11 is 0. The summed E-state index contributed by atoms with van der Waals surface area (Å²) in [4.78, 5) is 11.9. The second-order valence-corrected chi connectivity index (χ2v) is 4.81. The van der Waals surface area contributed by atoms with Crippen LogP contribution in [0.2, 0.25) is 0 Å². The van der Waals surface area contributed by atoms with Gasteiger partial charge in [-0.15, -0.1) is 0 Å². The second kappa shape index (κ2) is 6.79. The summed E-state index contributed by atoms with van der Waals surface area (Å²) in [5, 5.41) is 0. The number of nitrogen functional groups attached to an aromatic ring is 1. The van der Waals surface area contributed by atoms with Gasteiger partial charge in [-0.2, -0.15) is 0 Å². The van der Waals surface area contributed by atoms with E-state index in [9.17, 15) is 4.79 Å². The van der Waals surface area contributed by atoms with Gasteiger partial charge < -0.3 is 15.2 Å². The van der Waals surface area contributed by atoms with Crippen molar-refractivity contribution >= 4 is 11.7 Å². The molecule has 0 aliphatic rings. The van der Waals surface area contributed by atoms with Gasteiger partial charge in [0, 0.05) is 12.1 Å². The first-order valence-corrected chi connectivity index (χ1v) is 6.76. The molecule has 2 N–H and O–H groups in total. The van der Waals surface area contributed by atoms with Crippen LogP contribution in [0.3, 0.4) is 0 Å². The predicted molar refractivity (Wildman–Crippen MR) is 82.6 cm³/mol. The Labute approximate surface area is 124 Å². The third-order valence-electron chi connectivity index (χ3n) is 3.30. The molecule has 2 rings (SSSR count). The fourth-order valence-corrected chi connectivity index (χ4v) is 1.90. The van der Waals surface area contributed by atoms with E-state index in [1.54, 1.807) is 19.2 Å². The van der Waals surface area contributed by atoms with Crippen LogP contribution in [-0.4, -0.2) is 19.7 Å². The molecule has 0 saturated carbocycles. The van der Waals surface area contributed by atoms with Crippen LogP contribution >= 0.6 is 0 Å². The van der Waals surface area contributed by atoms with Crippen LogP contribution < -0.4 is 10.5 Å². The highest BCUT2D eigenvalue weighted by atomic mass is 16.5. The molecule has 0 aliphatic heterocycles. The molecule has 0 atom stereocenters. The SMILES string of the molecule is COc1ccc(CCOC(=O)c2ccc(C)c(N)c2)cc1. The molecule has 0 aromatic heterocycles. The van der Waals surface area contributed by atoms with Crippen molar-refractivity contribution < 1.29 is 14.3 Å². The molecule has 0 unspecified atom stereocenters. The topological polar surface area (TPSA) is 61.5 Å². The van der Waals surface area contributed by atoms with Crippen LogP contribution in [0.25, 0.3) is 0 Å². The highest BCUT2D eigenvalue weighted by molar-refractivity contribution is 5.90. The number of benzene rings is 2. The fourth-order valence-electron chi connectivity index (χ4n) is 1.90. The largest absolute Gasteiger partial charge is 0.497 e. The maximum atomic E-state index is 11.9. The molecule has 110 valence electrons. The minimum absolute atomic E-state index is 0.332. The quantitative estimate of drug-likeness (QED) is 0.677. The first kappa shape index (κ1) is 14.9. The number of ether oxygens (including phenoxy) is 2. The summed E-state index contributed by atoms with van der Waals surface area (Å²) in [6.45, 7) is 2.23. The lowest BCUT2D eigenvalue weighted by molar-refractivity contribution is 0.0509. The molecule has 2 aromatic carbocycles. The number of carbonyl (C=O) groups is 1. The molecule has 4 nitrogen and oxygen atoms in total. The van der Waals surface area contributed by atoms with Crippen molar-refractivity contribution in [2.24, 2.45) is 0 Å². The van der Waals surface area contributed by atoms with E-state index in [4.69, 9.17) is 15.2 Å². The lowest BCUT2D eigenvalue weighted by Crippen LogP contribution is -2.09. The van der Waals surface area contributed by atoms with Gasteiger partial charge in [-0.25, -0.2) is 4.79 Å². The smallest absolute Gasteiger partial charge is 0.338 e. The highest BCUT2D eigenvalue weighted by Crippen LogP contribution is 2.14. The summed E-state index contributed by atoms with van der Waals surface area (Å²) in [7, 11) is 1.63. The average molecular weight is 285 g/mol. The van der Waals surface area contributed by atoms with Crippen molar-refractivity contribution in [3.8, 4) is 5.75 Å². The van der Waals surface area contributed by atoms with Gasteiger partial charge in [0.15, 0.2) is 0 Å². The second-order valence-electron chi connectivity index (χ2n) is 4.81. The van der Waals surface area contributed by atoms with Gasteiger partial charge in [-0.1, -0.05) is 18.2 Å². The first-order chi connectivity index (χ1) is 10.1. The van der Waals surface area contributed by atoms with E-state index in [0.717, 1.165) is 16.9 Å². The molecule has 0 amide bonds. The Balaban J connectivity index is 1.87. The lowest BCUT2D eigenvalue weighted by atomic mass is 10.1. The Kier molecular flexibility index (Phi) is 4.82. The van der Waals surface area contributed by atoms with Gasteiger partial charge in [0.05, 0.1) is 19.3 Å². The molecular formula is C17H19NO3. The van der Waals surface area contributed by atoms with E-state index < -0.39 is 0 Å². The van der Waals surface area contributed by atoms with Crippen LogP contribution in [0.15, 0.2) is 42.5 Å². The molecule has 0 heterocycles. The minimum Gasteiger partial charge on any atom is -0.497 e. The Morgan fingerprint density at radius 1 is 1.14 bits per heavy atom. The average Bonchev–Trinajstić information content (AvgIpc) is 2.50. The zero-order chi connectivity index (χ0) is 15.2. The Morgan fingerprint density at radius 2 is 1.86 bits per heavy atom. The molecule has 0 spiro atoms. The van der Waals surface area contributed by atoms with Crippen molar-refractivity contribution in [2.75, 3.05) is 19.5 Å². The van der Waals surface area contributed by atoms with Crippen molar-refractivity contribution in [1.82, 2.24) is 0 Å². The highest BCUT2D eigenvalue weighted by Gasteiger charge is 2.08. The zero-order valence-corrected chi connectivity index (χ0v) is 12.3. The van der Waals surface area contributed by atoms with E-state index in [1.165, 1.54) is 0 Å². The number of aryl methyl sites for hydroxylation is 1. The summed E-state index contributed by atoms with van der Waals surface area (Å²) in [5.41, 5.74) is 8.90. The van der Waals surface area contributed by atoms with E-state index in [0.29, 0.717) is 24.3 Å². The van der Waals surface area contributed by atoms with Gasteiger partial charge in [0.1, 0.15) is 5.75 Å². The number of carbonyl (C=O) groups excluding carboxylic acids is 1. The van der Waals surface area contributed by atoms with Gasteiger partial charge in [-0.3, -0.25) is 0 Å². The molecule has 21 heavy (non-hydrogen) atoms. The summed E-state index contributed by atoms with van der Waals surface area (Å²) in [6, 6.07) is 12.9. The van der Waals surface area contributed by atoms with Crippen LogP contribution in [-0.2, 0) is 11.2 Å². The molecule has 0 saturated heterocycles. The summed E-state index contributed by atoms with van der Waals surface area (Å²) in [6.07, 6.45) is 0.664. The van der Waals surface area contributed by atoms with Crippen molar-refractivity contribution in [3.63, 3.8) is 0 Å². The lowest BCUT2D eigenvalue weighted by Gasteiger charge is -2.07. The van der Waals surface area contributed by atoms with Crippen LogP contribution in [0, 0.1) is 6.92 Å². The Bertz CT molecular complexity index is 620. The van der Waals surface area contributed by atoms with Crippen molar-refractivity contribution in [1.29, 1.82) is 0 Å². The predicted octanol–water partition coefficient (Wildman–Crippen LogP) is 2.99. The van der Waals surface area contributed by atoms with E-state index in [-0.39, 0.29) is 5.97 Å². The maximum absolute atomic E-state index is 11.9.